The van der Waals surface area contributed by atoms with Gasteiger partial charge in [0.25, 0.3) is 5.91 Å². The predicted octanol–water partition coefficient (Wildman–Crippen LogP) is 4.48. The van der Waals surface area contributed by atoms with E-state index in [0.29, 0.717) is 0 Å². The molecule has 0 unspecified atom stereocenters. The molecule has 2 aromatic carbocycles. The van der Waals surface area contributed by atoms with Gasteiger partial charge in [0.15, 0.2) is 0 Å². The smallest absolute Gasteiger partial charge is 0.253 e. The Balaban J connectivity index is 1.25. The number of hydrogen-bond acceptors (Lipinski definition) is 3. The number of rotatable bonds is 6. The van der Waals surface area contributed by atoms with E-state index in [1.807, 2.05) is 35.2 Å². The molecule has 152 valence electrons. The van der Waals surface area contributed by atoms with E-state index in [4.69, 9.17) is 4.74 Å². The Bertz CT molecular complexity index is 820. The lowest BCUT2D eigenvalue weighted by Crippen LogP contribution is -2.38. The van der Waals surface area contributed by atoms with Crippen LogP contribution in [-0.2, 0) is 0 Å². The largest absolute Gasteiger partial charge is 0.490 e. The van der Waals surface area contributed by atoms with Crippen LogP contribution in [0.3, 0.4) is 0 Å². The summed E-state index contributed by atoms with van der Waals surface area (Å²) in [5, 5.41) is 0. The normalized spacial score (nSPS) is 18.4. The molecule has 2 aromatic rings. The summed E-state index contributed by atoms with van der Waals surface area (Å²) in [6, 6.07) is 18.1. The maximum atomic E-state index is 12.6. The maximum Gasteiger partial charge on any atom is 0.253 e. The number of carbonyl (C=O) groups excluding carboxylic acids is 1. The number of piperidine rings is 1. The first kappa shape index (κ1) is 19.7. The zero-order valence-corrected chi connectivity index (χ0v) is 17.0. The summed E-state index contributed by atoms with van der Waals surface area (Å²) in [5.74, 6) is 0.949. The first-order valence-electron chi connectivity index (χ1n) is 10.8. The molecule has 0 aromatic heterocycles. The molecular weight excluding hydrogens is 360 g/mol. The van der Waals surface area contributed by atoms with Gasteiger partial charge in [-0.2, -0.15) is 0 Å². The van der Waals surface area contributed by atoms with Crippen LogP contribution in [0, 0.1) is 0 Å². The van der Waals surface area contributed by atoms with Gasteiger partial charge in [-0.05, 0) is 49.4 Å². The minimum Gasteiger partial charge on any atom is -0.490 e. The SMILES string of the molecule is O=C(c1cccc(OC2CCN(C/C=C/c3ccccc3)CC2)c1)N1CCCC1. The van der Waals surface area contributed by atoms with Crippen LogP contribution < -0.4 is 4.74 Å². The predicted molar refractivity (Wildman–Crippen MR) is 117 cm³/mol. The molecule has 4 rings (SSSR count). The van der Waals surface area contributed by atoms with Gasteiger partial charge in [0.1, 0.15) is 11.9 Å². The number of ether oxygens (including phenoxy) is 1. The van der Waals surface area contributed by atoms with Crippen LogP contribution in [0.1, 0.15) is 41.6 Å². The second-order valence-electron chi connectivity index (χ2n) is 7.96. The molecule has 2 heterocycles. The molecule has 4 heteroatoms. The molecule has 2 saturated heterocycles. The van der Waals surface area contributed by atoms with Crippen molar-refractivity contribution in [1.29, 1.82) is 0 Å². The summed E-state index contributed by atoms with van der Waals surface area (Å²) in [5.41, 5.74) is 1.99. The summed E-state index contributed by atoms with van der Waals surface area (Å²) in [7, 11) is 0. The molecule has 1 amide bonds. The third-order valence-corrected chi connectivity index (χ3v) is 5.79. The van der Waals surface area contributed by atoms with E-state index in [1.54, 1.807) is 0 Å². The number of carbonyl (C=O) groups is 1. The monoisotopic (exact) mass is 390 g/mol. The fourth-order valence-corrected chi connectivity index (χ4v) is 4.11. The van der Waals surface area contributed by atoms with Crippen molar-refractivity contribution < 1.29 is 9.53 Å². The lowest BCUT2D eigenvalue weighted by atomic mass is 10.1. The first-order valence-corrected chi connectivity index (χ1v) is 10.8. The third-order valence-electron chi connectivity index (χ3n) is 5.79. The van der Waals surface area contributed by atoms with Crippen molar-refractivity contribution >= 4 is 12.0 Å². The average molecular weight is 391 g/mol. The highest BCUT2D eigenvalue weighted by Crippen LogP contribution is 2.22. The van der Waals surface area contributed by atoms with Crippen LogP contribution in [0.2, 0.25) is 0 Å². The Labute approximate surface area is 173 Å². The fourth-order valence-electron chi connectivity index (χ4n) is 4.11. The van der Waals surface area contributed by atoms with Gasteiger partial charge in [-0.3, -0.25) is 9.69 Å². The molecule has 0 radical (unpaired) electrons. The highest BCUT2D eigenvalue weighted by atomic mass is 16.5. The molecular formula is C25H30N2O2. The summed E-state index contributed by atoms with van der Waals surface area (Å²) in [4.78, 5) is 17.0. The van der Waals surface area contributed by atoms with E-state index >= 15 is 0 Å². The third kappa shape index (κ3) is 5.48. The lowest BCUT2D eigenvalue weighted by molar-refractivity contribution is 0.0790. The van der Waals surface area contributed by atoms with Crippen molar-refractivity contribution in [2.45, 2.75) is 31.8 Å². The molecule has 0 aliphatic carbocycles. The first-order chi connectivity index (χ1) is 14.3. The van der Waals surface area contributed by atoms with Crippen molar-refractivity contribution in [3.05, 3.63) is 71.8 Å². The number of hydrogen-bond donors (Lipinski definition) is 0. The van der Waals surface area contributed by atoms with E-state index in [1.165, 1.54) is 5.56 Å². The Kier molecular flexibility index (Phi) is 6.63. The van der Waals surface area contributed by atoms with Crippen LogP contribution >= 0.6 is 0 Å². The minimum atomic E-state index is 0.132. The maximum absolute atomic E-state index is 12.6. The van der Waals surface area contributed by atoms with E-state index in [9.17, 15) is 4.79 Å². The van der Waals surface area contributed by atoms with E-state index in [-0.39, 0.29) is 12.0 Å². The molecule has 0 bridgehead atoms. The lowest BCUT2D eigenvalue weighted by Gasteiger charge is -2.31. The van der Waals surface area contributed by atoms with Gasteiger partial charge in [0.05, 0.1) is 0 Å². The van der Waals surface area contributed by atoms with Crippen LogP contribution in [0.15, 0.2) is 60.7 Å². The van der Waals surface area contributed by atoms with Crippen molar-refractivity contribution in [2.24, 2.45) is 0 Å². The summed E-state index contributed by atoms with van der Waals surface area (Å²) >= 11 is 0. The molecule has 0 spiro atoms. The van der Waals surface area contributed by atoms with Gasteiger partial charge < -0.3 is 9.64 Å². The highest BCUT2D eigenvalue weighted by Gasteiger charge is 2.22. The average Bonchev–Trinajstić information content (AvgIpc) is 3.30. The van der Waals surface area contributed by atoms with Crippen molar-refractivity contribution in [2.75, 3.05) is 32.7 Å². The van der Waals surface area contributed by atoms with Crippen molar-refractivity contribution in [1.82, 2.24) is 9.80 Å². The molecule has 0 atom stereocenters. The number of benzene rings is 2. The number of amides is 1. The molecule has 0 N–H and O–H groups in total. The fraction of sp³-hybridized carbons (Fsp3) is 0.400. The topological polar surface area (TPSA) is 32.8 Å². The Hall–Kier alpha value is -2.59. The zero-order valence-electron chi connectivity index (χ0n) is 17.0. The Morgan fingerprint density at radius 2 is 1.72 bits per heavy atom. The standard InChI is InChI=1S/C25H30N2O2/c28-25(27-16-4-5-17-27)22-11-6-12-24(20-22)29-23-13-18-26(19-14-23)15-7-10-21-8-2-1-3-9-21/h1-3,6-12,20,23H,4-5,13-19H2/b10-7+. The van der Waals surface area contributed by atoms with E-state index < -0.39 is 0 Å². The second kappa shape index (κ2) is 9.75. The summed E-state index contributed by atoms with van der Waals surface area (Å²) in [6.45, 7) is 4.80. The Morgan fingerprint density at radius 3 is 2.48 bits per heavy atom. The van der Waals surface area contributed by atoms with Gasteiger partial charge in [0.2, 0.25) is 0 Å². The van der Waals surface area contributed by atoms with Crippen molar-refractivity contribution in [3.8, 4) is 5.75 Å². The molecule has 0 saturated carbocycles. The summed E-state index contributed by atoms with van der Waals surface area (Å²) < 4.78 is 6.22. The molecule has 4 nitrogen and oxygen atoms in total. The molecule has 2 aliphatic heterocycles. The number of nitrogens with zero attached hydrogens (tertiary/aromatic N) is 2. The van der Waals surface area contributed by atoms with Crippen LogP contribution in [0.25, 0.3) is 6.08 Å². The van der Waals surface area contributed by atoms with Gasteiger partial charge in [-0.25, -0.2) is 0 Å². The highest BCUT2D eigenvalue weighted by molar-refractivity contribution is 5.94. The van der Waals surface area contributed by atoms with Gasteiger partial charge in [-0.1, -0.05) is 48.6 Å². The number of likely N-dealkylation sites (tertiary alicyclic amines) is 2. The van der Waals surface area contributed by atoms with Gasteiger partial charge in [-0.15, -0.1) is 0 Å². The summed E-state index contributed by atoms with van der Waals surface area (Å²) in [6.07, 6.45) is 8.91. The van der Waals surface area contributed by atoms with Gasteiger partial charge in [0, 0.05) is 38.3 Å². The van der Waals surface area contributed by atoms with E-state index in [2.05, 4.69) is 41.3 Å². The molecule has 2 fully saturated rings. The molecule has 2 aliphatic rings. The van der Waals surface area contributed by atoms with E-state index in [0.717, 1.165) is 69.7 Å². The van der Waals surface area contributed by atoms with Crippen LogP contribution in [0.5, 0.6) is 5.75 Å². The second-order valence-corrected chi connectivity index (χ2v) is 7.96. The minimum absolute atomic E-state index is 0.132. The molecule has 29 heavy (non-hydrogen) atoms. The quantitative estimate of drug-likeness (QED) is 0.729. The zero-order chi connectivity index (χ0) is 19.9. The Morgan fingerprint density at radius 1 is 0.966 bits per heavy atom. The van der Waals surface area contributed by atoms with Crippen LogP contribution in [-0.4, -0.2) is 54.5 Å². The van der Waals surface area contributed by atoms with Crippen molar-refractivity contribution in [3.63, 3.8) is 0 Å². The van der Waals surface area contributed by atoms with Gasteiger partial charge >= 0.3 is 0 Å². The van der Waals surface area contributed by atoms with Crippen LogP contribution in [0.4, 0.5) is 0 Å².